The fraction of sp³-hybridized carbons (Fsp3) is 0.241. The van der Waals surface area contributed by atoms with Gasteiger partial charge in [0.25, 0.3) is 5.69 Å². The Kier molecular flexibility index (Phi) is 7.99. The molecular formula is C29H30N6O6S2. The molecular weight excluding hydrogens is 592 g/mol. The third-order valence-electron chi connectivity index (χ3n) is 7.26. The van der Waals surface area contributed by atoms with Gasteiger partial charge in [-0.25, -0.2) is 8.42 Å². The fourth-order valence-electron chi connectivity index (χ4n) is 5.50. The van der Waals surface area contributed by atoms with Crippen molar-refractivity contribution < 1.29 is 22.8 Å². The summed E-state index contributed by atoms with van der Waals surface area (Å²) in [5, 5.41) is 15.5. The summed E-state index contributed by atoms with van der Waals surface area (Å²) in [6.45, 7) is 3.84. The molecule has 0 bridgehead atoms. The molecule has 0 amide bonds. The highest BCUT2D eigenvalue weighted by Crippen LogP contribution is 2.45. The Bertz CT molecular complexity index is 1830. The van der Waals surface area contributed by atoms with Crippen LogP contribution in [0.25, 0.3) is 5.69 Å². The summed E-state index contributed by atoms with van der Waals surface area (Å²) >= 11 is 5.87. The van der Waals surface area contributed by atoms with Crippen LogP contribution in [0.2, 0.25) is 0 Å². The van der Waals surface area contributed by atoms with Crippen LogP contribution in [0.5, 0.6) is 11.5 Å². The highest BCUT2D eigenvalue weighted by Gasteiger charge is 2.42. The Labute approximate surface area is 254 Å². The summed E-state index contributed by atoms with van der Waals surface area (Å²) in [6, 6.07) is 16.4. The minimum absolute atomic E-state index is 0.0642. The van der Waals surface area contributed by atoms with Crippen LogP contribution in [-0.2, 0) is 10.0 Å². The van der Waals surface area contributed by atoms with Gasteiger partial charge in [-0.1, -0.05) is 6.07 Å². The van der Waals surface area contributed by atoms with Gasteiger partial charge in [-0.3, -0.25) is 19.8 Å². The second-order valence-electron chi connectivity index (χ2n) is 10.0. The standard InChI is InChI=1S/C29H30N6O6S2/c1-17-14-21(18(2)33(17)24-16-20(35(36)37)10-12-26(24)41-4)28-27(22-8-6-7-13-30-22)31-29(42)34(28)19-9-11-25(40-3)23(15-19)32-43(5,38)39/h6-16,27-28,32H,1-5H3,(H,31,42)/t27-,28+/m0/s1. The average Bonchev–Trinajstić information content (AvgIpc) is 3.46. The Hall–Kier alpha value is -4.69. The summed E-state index contributed by atoms with van der Waals surface area (Å²) in [4.78, 5) is 17.7. The maximum atomic E-state index is 12.1. The molecule has 2 aromatic carbocycles. The number of aryl methyl sites for hydroxylation is 1. The molecule has 1 saturated heterocycles. The van der Waals surface area contributed by atoms with Gasteiger partial charge in [-0.15, -0.1) is 0 Å². The number of methoxy groups -OCH3 is 2. The molecule has 2 aromatic heterocycles. The molecule has 14 heteroatoms. The Morgan fingerprint density at radius 1 is 1.05 bits per heavy atom. The molecule has 0 spiro atoms. The summed E-state index contributed by atoms with van der Waals surface area (Å²) in [5.41, 5.74) is 4.59. The van der Waals surface area contributed by atoms with E-state index in [1.54, 1.807) is 30.5 Å². The second-order valence-corrected chi connectivity index (χ2v) is 12.2. The number of ether oxygens (including phenoxy) is 2. The first kappa shape index (κ1) is 29.8. The van der Waals surface area contributed by atoms with E-state index in [4.69, 9.17) is 21.7 Å². The van der Waals surface area contributed by atoms with E-state index < -0.39 is 21.0 Å². The summed E-state index contributed by atoms with van der Waals surface area (Å²) in [6.07, 6.45) is 2.77. The number of thiocarbonyl (C=S) groups is 1. The van der Waals surface area contributed by atoms with Gasteiger partial charge in [0, 0.05) is 35.4 Å². The predicted octanol–water partition coefficient (Wildman–Crippen LogP) is 4.96. The molecule has 2 N–H and O–H groups in total. The first-order valence-corrected chi connectivity index (χ1v) is 15.4. The lowest BCUT2D eigenvalue weighted by molar-refractivity contribution is -0.384. The molecule has 224 valence electrons. The van der Waals surface area contributed by atoms with Crippen LogP contribution in [0, 0.1) is 24.0 Å². The van der Waals surface area contributed by atoms with Crippen molar-refractivity contribution in [3.8, 4) is 17.2 Å². The van der Waals surface area contributed by atoms with Gasteiger partial charge in [-0.2, -0.15) is 0 Å². The lowest BCUT2D eigenvalue weighted by atomic mass is 9.96. The third-order valence-corrected chi connectivity index (χ3v) is 8.16. The van der Waals surface area contributed by atoms with E-state index in [1.165, 1.54) is 26.4 Å². The van der Waals surface area contributed by atoms with Crippen molar-refractivity contribution in [1.29, 1.82) is 0 Å². The van der Waals surface area contributed by atoms with E-state index in [0.717, 1.165) is 28.9 Å². The number of benzene rings is 2. The number of anilines is 2. The number of hydrogen-bond donors (Lipinski definition) is 2. The molecule has 2 atom stereocenters. The van der Waals surface area contributed by atoms with Crippen LogP contribution < -0.4 is 24.4 Å². The molecule has 0 aliphatic carbocycles. The quantitative estimate of drug-likeness (QED) is 0.149. The van der Waals surface area contributed by atoms with Crippen molar-refractivity contribution in [3.63, 3.8) is 0 Å². The first-order valence-electron chi connectivity index (χ1n) is 13.1. The molecule has 1 fully saturated rings. The normalized spacial score (nSPS) is 16.6. The van der Waals surface area contributed by atoms with Crippen molar-refractivity contribution in [2.24, 2.45) is 0 Å². The van der Waals surface area contributed by atoms with Crippen molar-refractivity contribution in [1.82, 2.24) is 14.9 Å². The summed E-state index contributed by atoms with van der Waals surface area (Å²) in [7, 11) is -0.632. The zero-order valence-corrected chi connectivity index (χ0v) is 25.7. The number of pyridine rings is 1. The number of rotatable bonds is 9. The minimum Gasteiger partial charge on any atom is -0.495 e. The topological polar surface area (TPSA) is 141 Å². The zero-order valence-electron chi connectivity index (χ0n) is 24.1. The van der Waals surface area contributed by atoms with Gasteiger partial charge in [-0.05, 0) is 74.1 Å². The highest BCUT2D eigenvalue weighted by molar-refractivity contribution is 7.92. The Morgan fingerprint density at radius 3 is 2.40 bits per heavy atom. The van der Waals surface area contributed by atoms with E-state index in [0.29, 0.717) is 28.0 Å². The maximum Gasteiger partial charge on any atom is 0.271 e. The van der Waals surface area contributed by atoms with Crippen molar-refractivity contribution in [2.45, 2.75) is 25.9 Å². The maximum absolute atomic E-state index is 12.1. The van der Waals surface area contributed by atoms with E-state index >= 15 is 0 Å². The number of nitro groups is 1. The highest BCUT2D eigenvalue weighted by atomic mass is 32.2. The van der Waals surface area contributed by atoms with Gasteiger partial charge in [0.05, 0.1) is 54.6 Å². The molecule has 3 heterocycles. The zero-order chi connectivity index (χ0) is 31.1. The second kappa shape index (κ2) is 11.5. The van der Waals surface area contributed by atoms with E-state index in [2.05, 4.69) is 15.0 Å². The van der Waals surface area contributed by atoms with E-state index in [9.17, 15) is 18.5 Å². The van der Waals surface area contributed by atoms with E-state index in [1.807, 2.05) is 47.6 Å². The van der Waals surface area contributed by atoms with Crippen molar-refractivity contribution in [3.05, 3.63) is 99.6 Å². The lowest BCUT2D eigenvalue weighted by Crippen LogP contribution is -2.29. The smallest absolute Gasteiger partial charge is 0.271 e. The number of hydrogen-bond acceptors (Lipinski definition) is 8. The number of nitrogens with one attached hydrogen (secondary N) is 2. The number of sulfonamides is 1. The Morgan fingerprint density at radius 2 is 1.77 bits per heavy atom. The van der Waals surface area contributed by atoms with Crippen LogP contribution in [0.4, 0.5) is 17.1 Å². The molecule has 0 saturated carbocycles. The van der Waals surface area contributed by atoms with Gasteiger partial charge < -0.3 is 24.3 Å². The summed E-state index contributed by atoms with van der Waals surface area (Å²) in [5.74, 6) is 0.824. The molecule has 12 nitrogen and oxygen atoms in total. The van der Waals surface area contributed by atoms with Crippen LogP contribution in [-0.4, -0.2) is 48.5 Å². The van der Waals surface area contributed by atoms with Crippen LogP contribution in [0.3, 0.4) is 0 Å². The van der Waals surface area contributed by atoms with Gasteiger partial charge in [0.1, 0.15) is 11.5 Å². The van der Waals surface area contributed by atoms with Gasteiger partial charge >= 0.3 is 0 Å². The molecule has 43 heavy (non-hydrogen) atoms. The molecule has 1 aliphatic heterocycles. The predicted molar refractivity (Wildman–Crippen MR) is 168 cm³/mol. The SMILES string of the molecule is COc1ccc(N2C(=S)N[C@@H](c3ccccn3)[C@H]2c2cc(C)n(-c3cc([N+](=O)[O-])ccc3OC)c2C)cc1NS(C)(=O)=O. The number of aromatic nitrogens is 2. The lowest BCUT2D eigenvalue weighted by Gasteiger charge is -2.29. The van der Waals surface area contributed by atoms with Gasteiger partial charge in [0.15, 0.2) is 5.11 Å². The van der Waals surface area contributed by atoms with Crippen LogP contribution >= 0.6 is 12.2 Å². The average molecular weight is 623 g/mol. The van der Waals surface area contributed by atoms with Crippen LogP contribution in [0.15, 0.2) is 66.9 Å². The fourth-order valence-corrected chi connectivity index (χ4v) is 6.40. The number of nitro benzene ring substituents is 1. The number of nitrogens with zero attached hydrogens (tertiary/aromatic N) is 4. The molecule has 0 unspecified atom stereocenters. The monoisotopic (exact) mass is 622 g/mol. The van der Waals surface area contributed by atoms with Crippen molar-refractivity contribution >= 4 is 44.4 Å². The summed E-state index contributed by atoms with van der Waals surface area (Å²) < 4.78 is 39.7. The molecule has 5 rings (SSSR count). The molecule has 1 aliphatic rings. The Balaban J connectivity index is 1.71. The van der Waals surface area contributed by atoms with Crippen molar-refractivity contribution in [2.75, 3.05) is 30.1 Å². The first-order chi connectivity index (χ1) is 20.4. The van der Waals surface area contributed by atoms with E-state index in [-0.39, 0.29) is 17.4 Å². The largest absolute Gasteiger partial charge is 0.495 e. The third kappa shape index (κ3) is 5.70. The van der Waals surface area contributed by atoms with Crippen LogP contribution in [0.1, 0.15) is 34.7 Å². The molecule has 0 radical (unpaired) electrons. The molecule has 4 aromatic rings. The minimum atomic E-state index is -3.61. The number of non-ortho nitro benzene ring substituents is 1. The van der Waals surface area contributed by atoms with Gasteiger partial charge in [0.2, 0.25) is 10.0 Å².